The Hall–Kier alpha value is -1.51. The van der Waals surface area contributed by atoms with Crippen molar-refractivity contribution >= 4 is 5.97 Å². The molecule has 0 aliphatic carbocycles. The molecule has 1 aromatic heterocycles. The van der Waals surface area contributed by atoms with E-state index in [1.165, 1.54) is 0 Å². The third-order valence-corrected chi connectivity index (χ3v) is 2.78. The molecule has 8 nitrogen and oxygen atoms in total. The lowest BCUT2D eigenvalue weighted by atomic mass is 10.2. The Labute approximate surface area is 124 Å². The second kappa shape index (κ2) is 10.3. The van der Waals surface area contributed by atoms with Crippen LogP contribution in [0.3, 0.4) is 0 Å². The van der Waals surface area contributed by atoms with Crippen LogP contribution < -0.4 is 0 Å². The molecule has 120 valence electrons. The van der Waals surface area contributed by atoms with Gasteiger partial charge in [0.25, 0.3) is 0 Å². The standard InChI is InChI=1S/C13H23N3O5/c1-3-4-11-12(13(17)18)14-15-16(11)5-6-20-9-10-21-8-7-19-2/h3-10H2,1-2H3,(H,17,18). The van der Waals surface area contributed by atoms with Gasteiger partial charge in [0.2, 0.25) is 0 Å². The van der Waals surface area contributed by atoms with Gasteiger partial charge in [0, 0.05) is 7.11 Å². The van der Waals surface area contributed by atoms with Crippen molar-refractivity contribution in [1.82, 2.24) is 15.0 Å². The minimum absolute atomic E-state index is 0.0275. The Bertz CT molecular complexity index is 422. The quantitative estimate of drug-likeness (QED) is 0.565. The lowest BCUT2D eigenvalue weighted by Gasteiger charge is -2.07. The molecule has 0 aliphatic heterocycles. The van der Waals surface area contributed by atoms with E-state index in [0.717, 1.165) is 6.42 Å². The van der Waals surface area contributed by atoms with E-state index in [-0.39, 0.29) is 5.69 Å². The van der Waals surface area contributed by atoms with E-state index in [2.05, 4.69) is 10.3 Å². The number of methoxy groups -OCH3 is 1. The fourth-order valence-corrected chi connectivity index (χ4v) is 1.78. The third-order valence-electron chi connectivity index (χ3n) is 2.78. The molecule has 1 rings (SSSR count). The van der Waals surface area contributed by atoms with E-state index in [4.69, 9.17) is 19.3 Å². The van der Waals surface area contributed by atoms with E-state index < -0.39 is 5.97 Å². The molecule has 8 heteroatoms. The Morgan fingerprint density at radius 1 is 1.19 bits per heavy atom. The molecular weight excluding hydrogens is 278 g/mol. The summed E-state index contributed by atoms with van der Waals surface area (Å²) < 4.78 is 17.1. The Balaban J connectivity index is 2.30. The molecule has 0 fully saturated rings. The highest BCUT2D eigenvalue weighted by Gasteiger charge is 2.17. The molecule has 1 heterocycles. The van der Waals surface area contributed by atoms with Crippen LogP contribution in [-0.4, -0.2) is 66.2 Å². The molecule has 0 saturated heterocycles. The molecule has 0 saturated carbocycles. The number of carboxylic acid groups (broad SMARTS) is 1. The average Bonchev–Trinajstić information content (AvgIpc) is 2.85. The molecule has 0 radical (unpaired) electrons. The molecule has 0 amide bonds. The highest BCUT2D eigenvalue weighted by molar-refractivity contribution is 5.86. The summed E-state index contributed by atoms with van der Waals surface area (Å²) in [5, 5.41) is 16.6. The Morgan fingerprint density at radius 3 is 2.48 bits per heavy atom. The first-order valence-corrected chi connectivity index (χ1v) is 7.00. The number of rotatable bonds is 12. The van der Waals surface area contributed by atoms with Crippen LogP contribution in [0.15, 0.2) is 0 Å². The summed E-state index contributed by atoms with van der Waals surface area (Å²) in [4.78, 5) is 11.0. The van der Waals surface area contributed by atoms with E-state index >= 15 is 0 Å². The highest BCUT2D eigenvalue weighted by atomic mass is 16.5. The smallest absolute Gasteiger partial charge is 0.358 e. The maximum Gasteiger partial charge on any atom is 0.358 e. The number of nitrogens with zero attached hydrogens (tertiary/aromatic N) is 3. The van der Waals surface area contributed by atoms with Gasteiger partial charge >= 0.3 is 5.97 Å². The molecule has 1 aromatic rings. The molecule has 0 unspecified atom stereocenters. The number of hydrogen-bond donors (Lipinski definition) is 1. The molecule has 21 heavy (non-hydrogen) atoms. The fourth-order valence-electron chi connectivity index (χ4n) is 1.78. The van der Waals surface area contributed by atoms with Crippen molar-refractivity contribution in [3.8, 4) is 0 Å². The lowest BCUT2D eigenvalue weighted by Crippen LogP contribution is -2.14. The van der Waals surface area contributed by atoms with Crippen LogP contribution >= 0.6 is 0 Å². The third kappa shape index (κ3) is 6.19. The zero-order valence-corrected chi connectivity index (χ0v) is 12.6. The average molecular weight is 301 g/mol. The first kappa shape index (κ1) is 17.5. The van der Waals surface area contributed by atoms with Crippen LogP contribution in [0, 0.1) is 0 Å². The molecule has 0 spiro atoms. The normalized spacial score (nSPS) is 11.0. The largest absolute Gasteiger partial charge is 0.476 e. The van der Waals surface area contributed by atoms with Crippen LogP contribution in [0.1, 0.15) is 29.5 Å². The zero-order valence-electron chi connectivity index (χ0n) is 12.6. The summed E-state index contributed by atoms with van der Waals surface area (Å²) in [6.07, 6.45) is 1.47. The van der Waals surface area contributed by atoms with Crippen molar-refractivity contribution < 1.29 is 24.1 Å². The number of hydrogen-bond acceptors (Lipinski definition) is 6. The van der Waals surface area contributed by atoms with E-state index in [1.54, 1.807) is 11.8 Å². The van der Waals surface area contributed by atoms with E-state index in [0.29, 0.717) is 51.7 Å². The summed E-state index contributed by atoms with van der Waals surface area (Å²) in [5.41, 5.74) is 0.671. The Morgan fingerprint density at radius 2 is 1.86 bits per heavy atom. The van der Waals surface area contributed by atoms with Gasteiger partial charge in [-0.2, -0.15) is 0 Å². The predicted molar refractivity (Wildman–Crippen MR) is 74.5 cm³/mol. The van der Waals surface area contributed by atoms with Gasteiger partial charge in [-0.25, -0.2) is 9.48 Å². The lowest BCUT2D eigenvalue weighted by molar-refractivity contribution is 0.0223. The summed E-state index contributed by atoms with van der Waals surface area (Å²) in [6, 6.07) is 0. The predicted octanol–water partition coefficient (Wildman–Crippen LogP) is 0.608. The number of ether oxygens (including phenoxy) is 3. The maximum absolute atomic E-state index is 11.0. The van der Waals surface area contributed by atoms with Gasteiger partial charge < -0.3 is 19.3 Å². The molecular formula is C13H23N3O5. The summed E-state index contributed by atoms with van der Waals surface area (Å²) in [7, 11) is 1.62. The first-order valence-electron chi connectivity index (χ1n) is 7.00. The summed E-state index contributed by atoms with van der Waals surface area (Å²) in [6.45, 7) is 5.00. The van der Waals surface area contributed by atoms with E-state index in [1.807, 2.05) is 6.92 Å². The molecule has 0 bridgehead atoms. The van der Waals surface area contributed by atoms with Crippen LogP contribution in [0.4, 0.5) is 0 Å². The first-order chi connectivity index (χ1) is 10.2. The van der Waals surface area contributed by atoms with Crippen LogP contribution in [-0.2, 0) is 27.2 Å². The molecule has 0 atom stereocenters. The Kier molecular flexibility index (Phi) is 8.56. The van der Waals surface area contributed by atoms with E-state index in [9.17, 15) is 4.79 Å². The van der Waals surface area contributed by atoms with Crippen LogP contribution in [0.25, 0.3) is 0 Å². The van der Waals surface area contributed by atoms with Gasteiger partial charge in [0.15, 0.2) is 5.69 Å². The topological polar surface area (TPSA) is 95.7 Å². The maximum atomic E-state index is 11.0. The van der Waals surface area contributed by atoms with Crippen molar-refractivity contribution in [2.75, 3.05) is 40.1 Å². The molecule has 1 N–H and O–H groups in total. The van der Waals surface area contributed by atoms with Crippen molar-refractivity contribution in [3.05, 3.63) is 11.4 Å². The number of aromatic carboxylic acids is 1. The minimum atomic E-state index is -1.04. The van der Waals surface area contributed by atoms with Crippen LogP contribution in [0.5, 0.6) is 0 Å². The SMILES string of the molecule is CCCc1c(C(=O)O)nnn1CCOCCOCCOC. The monoisotopic (exact) mass is 301 g/mol. The van der Waals surface area contributed by atoms with Crippen molar-refractivity contribution in [3.63, 3.8) is 0 Å². The highest BCUT2D eigenvalue weighted by Crippen LogP contribution is 2.08. The van der Waals surface area contributed by atoms with Gasteiger partial charge in [-0.15, -0.1) is 5.10 Å². The van der Waals surface area contributed by atoms with Crippen LogP contribution in [0.2, 0.25) is 0 Å². The summed E-state index contributed by atoms with van der Waals surface area (Å²) in [5.74, 6) is -1.04. The number of carboxylic acids is 1. The van der Waals surface area contributed by atoms with Crippen molar-refractivity contribution in [2.45, 2.75) is 26.3 Å². The van der Waals surface area contributed by atoms with Gasteiger partial charge in [0.05, 0.1) is 45.3 Å². The van der Waals surface area contributed by atoms with Gasteiger partial charge in [0.1, 0.15) is 0 Å². The second-order valence-electron chi connectivity index (χ2n) is 4.38. The minimum Gasteiger partial charge on any atom is -0.476 e. The van der Waals surface area contributed by atoms with Gasteiger partial charge in [-0.3, -0.25) is 0 Å². The summed E-state index contributed by atoms with van der Waals surface area (Å²) >= 11 is 0. The number of aromatic nitrogens is 3. The zero-order chi connectivity index (χ0) is 15.5. The second-order valence-corrected chi connectivity index (χ2v) is 4.38. The van der Waals surface area contributed by atoms with Crippen molar-refractivity contribution in [1.29, 1.82) is 0 Å². The fraction of sp³-hybridized carbons (Fsp3) is 0.769. The molecule has 0 aliphatic rings. The van der Waals surface area contributed by atoms with Crippen molar-refractivity contribution in [2.24, 2.45) is 0 Å². The molecule has 0 aromatic carbocycles. The van der Waals surface area contributed by atoms with Gasteiger partial charge in [-0.1, -0.05) is 18.6 Å². The number of carbonyl (C=O) groups is 1. The van der Waals surface area contributed by atoms with Gasteiger partial charge in [-0.05, 0) is 6.42 Å².